The number of hydrogen-bond acceptors (Lipinski definition) is 0. The van der Waals surface area contributed by atoms with Crippen LogP contribution < -0.4 is 21.9 Å². The molecule has 0 saturated heterocycles. The lowest BCUT2D eigenvalue weighted by Gasteiger charge is -2.16. The summed E-state index contributed by atoms with van der Waals surface area (Å²) in [5.74, 6) is 0. The summed E-state index contributed by atoms with van der Waals surface area (Å²) in [6.45, 7) is 0. The van der Waals surface area contributed by atoms with Crippen molar-refractivity contribution >= 4 is 74.8 Å². The van der Waals surface area contributed by atoms with Crippen molar-refractivity contribution in [2.45, 2.75) is 6.42 Å². The van der Waals surface area contributed by atoms with Crippen molar-refractivity contribution in [3.05, 3.63) is 71.8 Å². The highest BCUT2D eigenvalue weighted by molar-refractivity contribution is 6.37. The maximum absolute atomic E-state index is 6.30. The predicted molar refractivity (Wildman–Crippen MR) is 112 cm³/mol. The molecule has 4 aromatic rings. The van der Waals surface area contributed by atoms with Gasteiger partial charge >= 0.3 is 0 Å². The van der Waals surface area contributed by atoms with Crippen LogP contribution in [-0.2, 0) is 6.42 Å². The summed E-state index contributed by atoms with van der Waals surface area (Å²) in [5, 5.41) is 4.33. The first-order valence-electron chi connectivity index (χ1n) is 8.16. The molecule has 0 aliphatic heterocycles. The Kier molecular flexibility index (Phi) is 3.99. The van der Waals surface area contributed by atoms with Crippen molar-refractivity contribution in [1.82, 2.24) is 0 Å². The Labute approximate surface area is 153 Å². The second-order valence-corrected chi connectivity index (χ2v) is 6.40. The SMILES string of the molecule is [B]c1ccc2ccc([B])c(Cc3c([B])ccc4ccc([B])cc34)c2c1. The number of fused-ring (bicyclic) bond motifs is 2. The summed E-state index contributed by atoms with van der Waals surface area (Å²) < 4.78 is 0. The van der Waals surface area contributed by atoms with Crippen LogP contribution in [0.4, 0.5) is 0 Å². The van der Waals surface area contributed by atoms with E-state index in [1.165, 1.54) is 0 Å². The Balaban J connectivity index is 1.97. The second-order valence-electron chi connectivity index (χ2n) is 6.40. The molecule has 4 heteroatoms. The van der Waals surface area contributed by atoms with E-state index < -0.39 is 0 Å². The molecular weight excluding hydrogens is 295 g/mol. The fourth-order valence-corrected chi connectivity index (χ4v) is 3.40. The van der Waals surface area contributed by atoms with Gasteiger partial charge in [0.05, 0.1) is 0 Å². The van der Waals surface area contributed by atoms with Gasteiger partial charge in [-0.1, -0.05) is 82.5 Å². The van der Waals surface area contributed by atoms with Crippen LogP contribution in [0.5, 0.6) is 0 Å². The van der Waals surface area contributed by atoms with Gasteiger partial charge < -0.3 is 0 Å². The van der Waals surface area contributed by atoms with Gasteiger partial charge in [-0.2, -0.15) is 0 Å². The van der Waals surface area contributed by atoms with Crippen LogP contribution in [0.25, 0.3) is 21.5 Å². The Morgan fingerprint density at radius 1 is 0.520 bits per heavy atom. The van der Waals surface area contributed by atoms with Crippen LogP contribution >= 0.6 is 0 Å². The Hall–Kier alpha value is -2.34. The molecule has 25 heavy (non-hydrogen) atoms. The lowest BCUT2D eigenvalue weighted by atomic mass is 9.78. The van der Waals surface area contributed by atoms with E-state index in [0.717, 1.165) is 54.5 Å². The molecule has 0 heterocycles. The number of hydrogen-bond donors (Lipinski definition) is 0. The minimum atomic E-state index is 0.624. The van der Waals surface area contributed by atoms with Gasteiger partial charge in [0.1, 0.15) is 31.4 Å². The average molecular weight is 308 g/mol. The van der Waals surface area contributed by atoms with Crippen LogP contribution in [0.1, 0.15) is 11.1 Å². The second kappa shape index (κ2) is 6.19. The Bertz CT molecular complexity index is 1020. The molecule has 4 aromatic carbocycles. The van der Waals surface area contributed by atoms with Crippen LogP contribution in [0.3, 0.4) is 0 Å². The highest BCUT2D eigenvalue weighted by Gasteiger charge is 2.10. The monoisotopic (exact) mass is 308 g/mol. The van der Waals surface area contributed by atoms with Crippen molar-refractivity contribution in [3.63, 3.8) is 0 Å². The summed E-state index contributed by atoms with van der Waals surface area (Å²) in [5.41, 5.74) is 4.97. The van der Waals surface area contributed by atoms with Crippen molar-refractivity contribution in [2.75, 3.05) is 0 Å². The maximum Gasteiger partial charge on any atom is 0.114 e. The molecule has 0 saturated carbocycles. The molecule has 0 fully saturated rings. The van der Waals surface area contributed by atoms with Gasteiger partial charge in [-0.3, -0.25) is 0 Å². The molecule has 0 nitrogen and oxygen atoms in total. The molecule has 108 valence electrons. The third-order valence-corrected chi connectivity index (χ3v) is 4.74. The molecule has 0 aliphatic carbocycles. The fraction of sp³-hybridized carbons (Fsp3) is 0.0476. The van der Waals surface area contributed by atoms with Crippen LogP contribution in [0.15, 0.2) is 60.7 Å². The summed E-state index contributed by atoms with van der Waals surface area (Å²) >= 11 is 0. The van der Waals surface area contributed by atoms with Gasteiger partial charge in [-0.25, -0.2) is 0 Å². The van der Waals surface area contributed by atoms with Crippen LogP contribution in [0, 0.1) is 0 Å². The molecular formula is C21H12B4. The molecule has 0 bridgehead atoms. The van der Waals surface area contributed by atoms with E-state index >= 15 is 0 Å². The number of benzene rings is 4. The van der Waals surface area contributed by atoms with Crippen molar-refractivity contribution in [3.8, 4) is 0 Å². The lowest BCUT2D eigenvalue weighted by Crippen LogP contribution is -2.18. The van der Waals surface area contributed by atoms with E-state index in [-0.39, 0.29) is 0 Å². The largest absolute Gasteiger partial charge is 0.114 e. The summed E-state index contributed by atoms with van der Waals surface area (Å²) in [4.78, 5) is 0. The molecule has 0 spiro atoms. The highest BCUT2D eigenvalue weighted by Crippen LogP contribution is 2.22. The van der Waals surface area contributed by atoms with E-state index in [9.17, 15) is 0 Å². The lowest BCUT2D eigenvalue weighted by molar-refractivity contribution is 1.27. The molecule has 0 atom stereocenters. The summed E-state index contributed by atoms with van der Waals surface area (Å²) in [7, 11) is 24.6. The van der Waals surface area contributed by atoms with Gasteiger partial charge in [0.2, 0.25) is 0 Å². The van der Waals surface area contributed by atoms with Crippen LogP contribution in [0.2, 0.25) is 0 Å². The maximum atomic E-state index is 6.30. The zero-order valence-electron chi connectivity index (χ0n) is 13.8. The van der Waals surface area contributed by atoms with Crippen molar-refractivity contribution in [2.24, 2.45) is 0 Å². The van der Waals surface area contributed by atoms with Crippen LogP contribution in [-0.4, -0.2) is 31.4 Å². The molecule has 0 aliphatic rings. The summed E-state index contributed by atoms with van der Waals surface area (Å²) in [6.07, 6.45) is 0.624. The quantitative estimate of drug-likeness (QED) is 0.480. The fourth-order valence-electron chi connectivity index (χ4n) is 3.40. The van der Waals surface area contributed by atoms with Gasteiger partial charge in [0, 0.05) is 0 Å². The average Bonchev–Trinajstić information content (AvgIpc) is 2.59. The first kappa shape index (κ1) is 16.1. The predicted octanol–water partition coefficient (Wildman–Crippen LogP) is 0.759. The zero-order valence-corrected chi connectivity index (χ0v) is 13.8. The van der Waals surface area contributed by atoms with E-state index in [1.54, 1.807) is 0 Å². The van der Waals surface area contributed by atoms with Gasteiger partial charge in [0.15, 0.2) is 0 Å². The topological polar surface area (TPSA) is 0 Å². The highest BCUT2D eigenvalue weighted by atomic mass is 14.1. The zero-order chi connectivity index (χ0) is 17.6. The third-order valence-electron chi connectivity index (χ3n) is 4.74. The van der Waals surface area contributed by atoms with E-state index in [1.807, 2.05) is 60.7 Å². The van der Waals surface area contributed by atoms with E-state index in [0.29, 0.717) is 6.42 Å². The third kappa shape index (κ3) is 2.91. The Morgan fingerprint density at radius 2 is 0.920 bits per heavy atom. The molecule has 0 aromatic heterocycles. The molecule has 0 amide bonds. The van der Waals surface area contributed by atoms with E-state index in [2.05, 4.69) is 0 Å². The molecule has 0 N–H and O–H groups in total. The molecule has 0 unspecified atom stereocenters. The standard InChI is InChI=1S/C21H12B4/c22-14-5-1-12-3-7-20(24)18(16(12)9-14)11-19-17-10-15(23)6-2-13(17)4-8-21(19)25/h1-10H,11H2. The van der Waals surface area contributed by atoms with E-state index in [4.69, 9.17) is 31.4 Å². The normalized spacial score (nSPS) is 11.2. The van der Waals surface area contributed by atoms with Crippen molar-refractivity contribution < 1.29 is 0 Å². The van der Waals surface area contributed by atoms with Gasteiger partial charge in [0.25, 0.3) is 0 Å². The first-order chi connectivity index (χ1) is 12.0. The van der Waals surface area contributed by atoms with Gasteiger partial charge in [-0.05, 0) is 39.1 Å². The minimum Gasteiger partial charge on any atom is -0.0960 e. The smallest absolute Gasteiger partial charge is 0.0960 e. The first-order valence-corrected chi connectivity index (χ1v) is 8.16. The molecule has 4 rings (SSSR count). The van der Waals surface area contributed by atoms with Gasteiger partial charge in [-0.15, -0.1) is 0 Å². The minimum absolute atomic E-state index is 0.624. The summed E-state index contributed by atoms with van der Waals surface area (Å²) in [6, 6.07) is 19.7. The Morgan fingerprint density at radius 3 is 1.36 bits per heavy atom. The number of rotatable bonds is 2. The van der Waals surface area contributed by atoms with Crippen molar-refractivity contribution in [1.29, 1.82) is 0 Å². The molecule has 8 radical (unpaired) electrons.